The van der Waals surface area contributed by atoms with Gasteiger partial charge in [-0.3, -0.25) is 0 Å². The molecule has 0 bridgehead atoms. The zero-order valence-corrected chi connectivity index (χ0v) is 12.9. The molecule has 1 unspecified atom stereocenters. The van der Waals surface area contributed by atoms with E-state index < -0.39 is 9.84 Å². The normalized spacial score (nSPS) is 13.6. The monoisotopic (exact) mass is 307 g/mol. The fraction of sp³-hybridized carbons (Fsp3) is 0.500. The van der Waals surface area contributed by atoms with Crippen molar-refractivity contribution < 1.29 is 8.42 Å². The van der Waals surface area contributed by atoms with E-state index >= 15 is 0 Å². The summed E-state index contributed by atoms with van der Waals surface area (Å²) in [4.78, 5) is 0.945. The fourth-order valence-corrected chi connectivity index (χ4v) is 4.17. The topological polar surface area (TPSA) is 60.2 Å². The van der Waals surface area contributed by atoms with Gasteiger partial charge >= 0.3 is 0 Å². The first-order chi connectivity index (χ1) is 8.29. The maximum Gasteiger partial charge on any atom is 0.148 e. The number of rotatable bonds is 6. The van der Waals surface area contributed by atoms with Crippen molar-refractivity contribution in [3.05, 3.63) is 28.8 Å². The molecular formula is C12H18ClNO2S2. The number of halogens is 1. The molecule has 3 nitrogen and oxygen atoms in total. The molecule has 0 heterocycles. The number of sulfone groups is 1. The van der Waals surface area contributed by atoms with E-state index in [1.807, 2.05) is 25.1 Å². The van der Waals surface area contributed by atoms with E-state index in [0.717, 1.165) is 16.9 Å². The van der Waals surface area contributed by atoms with Gasteiger partial charge in [0.15, 0.2) is 0 Å². The molecule has 0 radical (unpaired) electrons. The van der Waals surface area contributed by atoms with Gasteiger partial charge in [-0.25, -0.2) is 8.42 Å². The second kappa shape index (κ2) is 6.80. The molecule has 2 N–H and O–H groups in total. The maximum absolute atomic E-state index is 11.1. The average molecular weight is 308 g/mol. The van der Waals surface area contributed by atoms with Crippen LogP contribution in [0, 0.1) is 0 Å². The largest absolute Gasteiger partial charge is 0.328 e. The Kier molecular flexibility index (Phi) is 5.98. The van der Waals surface area contributed by atoms with Gasteiger partial charge in [-0.2, -0.15) is 0 Å². The van der Waals surface area contributed by atoms with E-state index in [1.165, 1.54) is 18.0 Å². The van der Waals surface area contributed by atoms with Gasteiger partial charge in [0.25, 0.3) is 0 Å². The summed E-state index contributed by atoms with van der Waals surface area (Å²) in [5, 5.41) is 0.659. The van der Waals surface area contributed by atoms with E-state index in [-0.39, 0.29) is 11.8 Å². The fourth-order valence-electron chi connectivity index (χ4n) is 1.52. The predicted molar refractivity (Wildman–Crippen MR) is 79.2 cm³/mol. The molecule has 1 rings (SSSR count). The zero-order chi connectivity index (χ0) is 13.8. The smallest absolute Gasteiger partial charge is 0.148 e. The third-order valence-electron chi connectivity index (χ3n) is 2.29. The summed E-state index contributed by atoms with van der Waals surface area (Å²) in [6.45, 7) is 1.94. The number of hydrogen-bond acceptors (Lipinski definition) is 4. The number of thioether (sulfide) groups is 1. The quantitative estimate of drug-likeness (QED) is 0.820. The Labute approximate surface area is 118 Å². The van der Waals surface area contributed by atoms with E-state index in [9.17, 15) is 8.42 Å². The van der Waals surface area contributed by atoms with Crippen LogP contribution >= 0.6 is 23.4 Å². The Morgan fingerprint density at radius 1 is 1.44 bits per heavy atom. The summed E-state index contributed by atoms with van der Waals surface area (Å²) in [6.07, 6.45) is 1.98. The molecule has 1 atom stereocenters. The van der Waals surface area contributed by atoms with Crippen LogP contribution in [0.4, 0.5) is 0 Å². The van der Waals surface area contributed by atoms with E-state index in [1.54, 1.807) is 0 Å². The number of nitrogens with two attached hydrogens (primary N) is 1. The van der Waals surface area contributed by atoms with Crippen LogP contribution < -0.4 is 5.73 Å². The summed E-state index contributed by atoms with van der Waals surface area (Å²) in [5.74, 6) is 0.662. The van der Waals surface area contributed by atoms with Crippen molar-refractivity contribution in [3.63, 3.8) is 0 Å². The Morgan fingerprint density at radius 2 is 2.11 bits per heavy atom. The molecule has 0 aliphatic carbocycles. The SMILES string of the molecule is CC(N)Cc1cccc(Cl)c1SCCS(C)(=O)=O. The van der Waals surface area contributed by atoms with Gasteiger partial charge in [-0.05, 0) is 25.0 Å². The first kappa shape index (κ1) is 15.8. The maximum atomic E-state index is 11.1. The molecule has 1 aromatic carbocycles. The Balaban J connectivity index is 2.79. The van der Waals surface area contributed by atoms with Crippen molar-refractivity contribution in [1.29, 1.82) is 0 Å². The van der Waals surface area contributed by atoms with Crippen LogP contribution in [-0.4, -0.2) is 32.2 Å². The van der Waals surface area contributed by atoms with Gasteiger partial charge in [0.2, 0.25) is 0 Å². The lowest BCUT2D eigenvalue weighted by molar-refractivity contribution is 0.603. The third kappa shape index (κ3) is 5.61. The molecule has 0 aliphatic heterocycles. The molecule has 0 saturated carbocycles. The lowest BCUT2D eigenvalue weighted by Gasteiger charge is -2.12. The molecule has 0 spiro atoms. The third-order valence-corrected chi connectivity index (χ3v) is 5.10. The minimum absolute atomic E-state index is 0.0534. The van der Waals surface area contributed by atoms with Crippen LogP contribution in [0.15, 0.2) is 23.1 Å². The predicted octanol–water partition coefficient (Wildman–Crippen LogP) is 2.37. The lowest BCUT2D eigenvalue weighted by Crippen LogP contribution is -2.18. The second-order valence-corrected chi connectivity index (χ2v) is 8.16. The van der Waals surface area contributed by atoms with Crippen molar-refractivity contribution in [2.24, 2.45) is 5.73 Å². The summed E-state index contributed by atoms with van der Waals surface area (Å²) in [5.41, 5.74) is 6.87. The zero-order valence-electron chi connectivity index (χ0n) is 10.5. The van der Waals surface area contributed by atoms with E-state index in [4.69, 9.17) is 17.3 Å². The summed E-state index contributed by atoms with van der Waals surface area (Å²) >= 11 is 7.63. The summed E-state index contributed by atoms with van der Waals surface area (Å²) in [6, 6.07) is 5.74. The first-order valence-corrected chi connectivity index (χ1v) is 9.05. The van der Waals surface area contributed by atoms with Gasteiger partial charge in [0.05, 0.1) is 10.8 Å². The Morgan fingerprint density at radius 3 is 2.67 bits per heavy atom. The van der Waals surface area contributed by atoms with Crippen LogP contribution in [-0.2, 0) is 16.3 Å². The highest BCUT2D eigenvalue weighted by Crippen LogP contribution is 2.31. The molecule has 1 aromatic rings. The van der Waals surface area contributed by atoms with Crippen LogP contribution in [0.25, 0.3) is 0 Å². The van der Waals surface area contributed by atoms with Crippen LogP contribution in [0.1, 0.15) is 12.5 Å². The first-order valence-electron chi connectivity index (χ1n) is 5.63. The molecule has 6 heteroatoms. The highest BCUT2D eigenvalue weighted by Gasteiger charge is 2.11. The molecule has 0 aromatic heterocycles. The van der Waals surface area contributed by atoms with Crippen molar-refractivity contribution in [3.8, 4) is 0 Å². The lowest BCUT2D eigenvalue weighted by atomic mass is 10.1. The average Bonchev–Trinajstić information content (AvgIpc) is 2.19. The number of hydrogen-bond donors (Lipinski definition) is 1. The molecule has 18 heavy (non-hydrogen) atoms. The van der Waals surface area contributed by atoms with Crippen molar-refractivity contribution in [2.75, 3.05) is 17.8 Å². The highest BCUT2D eigenvalue weighted by atomic mass is 35.5. The second-order valence-electron chi connectivity index (χ2n) is 4.39. The molecular weight excluding hydrogens is 290 g/mol. The molecule has 0 amide bonds. The van der Waals surface area contributed by atoms with Crippen molar-refractivity contribution in [1.82, 2.24) is 0 Å². The van der Waals surface area contributed by atoms with Gasteiger partial charge in [0.1, 0.15) is 9.84 Å². The van der Waals surface area contributed by atoms with Crippen LogP contribution in [0.3, 0.4) is 0 Å². The Bertz CT molecular complexity index is 501. The van der Waals surface area contributed by atoms with Crippen molar-refractivity contribution in [2.45, 2.75) is 24.3 Å². The van der Waals surface area contributed by atoms with Crippen LogP contribution in [0.2, 0.25) is 5.02 Å². The summed E-state index contributed by atoms with van der Waals surface area (Å²) in [7, 11) is -2.93. The van der Waals surface area contributed by atoms with E-state index in [2.05, 4.69) is 0 Å². The van der Waals surface area contributed by atoms with Crippen LogP contribution in [0.5, 0.6) is 0 Å². The van der Waals surface area contributed by atoms with Gasteiger partial charge in [0, 0.05) is 22.9 Å². The highest BCUT2D eigenvalue weighted by molar-refractivity contribution is 8.00. The minimum atomic E-state index is -2.93. The number of benzene rings is 1. The van der Waals surface area contributed by atoms with Gasteiger partial charge in [-0.15, -0.1) is 11.8 Å². The molecule has 0 saturated heterocycles. The molecule has 102 valence electrons. The van der Waals surface area contributed by atoms with Gasteiger partial charge in [-0.1, -0.05) is 23.7 Å². The Hall–Kier alpha value is -0.230. The minimum Gasteiger partial charge on any atom is -0.328 e. The van der Waals surface area contributed by atoms with Gasteiger partial charge < -0.3 is 5.73 Å². The molecule has 0 fully saturated rings. The summed E-state index contributed by atoms with van der Waals surface area (Å²) < 4.78 is 22.2. The molecule has 0 aliphatic rings. The van der Waals surface area contributed by atoms with Crippen molar-refractivity contribution >= 4 is 33.2 Å². The standard InChI is InChI=1S/C12H18ClNO2S2/c1-9(14)8-10-4-3-5-11(13)12(10)17-6-7-18(2,15)16/h3-5,9H,6-8,14H2,1-2H3. The van der Waals surface area contributed by atoms with E-state index in [0.29, 0.717) is 10.8 Å².